The first kappa shape index (κ1) is 11.5. The zero-order valence-corrected chi connectivity index (χ0v) is 9.03. The monoisotopic (exact) mass is 211 g/mol. The van der Waals surface area contributed by atoms with E-state index in [4.69, 9.17) is 11.5 Å². The Hall–Kier alpha value is -1.56. The molecule has 0 amide bonds. The van der Waals surface area contributed by atoms with Crippen molar-refractivity contribution in [3.8, 4) is 0 Å². The highest BCUT2D eigenvalue weighted by Crippen LogP contribution is 2.16. The molecule has 0 saturated heterocycles. The van der Waals surface area contributed by atoms with E-state index in [0.29, 0.717) is 12.4 Å². The molecule has 1 atom stereocenters. The largest absolute Gasteiger partial charge is 0.391 e. The van der Waals surface area contributed by atoms with Crippen LogP contribution in [0, 0.1) is 0 Å². The van der Waals surface area contributed by atoms with Gasteiger partial charge in [0.15, 0.2) is 5.82 Å². The standard InChI is InChI=1S/C9H17N5O/c1-6(3-4-10)14(2)8-7(11)9(15)13-5-12-8/h5-6H,3-4,10-11H2,1-2H3,(H,12,13,15). The Morgan fingerprint density at radius 1 is 1.67 bits per heavy atom. The highest BCUT2D eigenvalue weighted by molar-refractivity contribution is 5.60. The first-order valence-electron chi connectivity index (χ1n) is 4.84. The van der Waals surface area contributed by atoms with Gasteiger partial charge < -0.3 is 21.4 Å². The third-order valence-electron chi connectivity index (χ3n) is 2.45. The van der Waals surface area contributed by atoms with Crippen LogP contribution in [0.5, 0.6) is 0 Å². The van der Waals surface area contributed by atoms with Crippen molar-refractivity contribution in [2.75, 3.05) is 24.2 Å². The second kappa shape index (κ2) is 4.79. The molecular formula is C9H17N5O. The molecule has 6 heteroatoms. The van der Waals surface area contributed by atoms with Gasteiger partial charge in [0.25, 0.3) is 5.56 Å². The van der Waals surface area contributed by atoms with E-state index in [1.54, 1.807) is 0 Å². The lowest BCUT2D eigenvalue weighted by Crippen LogP contribution is -2.33. The zero-order chi connectivity index (χ0) is 11.4. The van der Waals surface area contributed by atoms with Gasteiger partial charge >= 0.3 is 0 Å². The third-order valence-corrected chi connectivity index (χ3v) is 2.45. The van der Waals surface area contributed by atoms with Gasteiger partial charge in [0, 0.05) is 13.1 Å². The van der Waals surface area contributed by atoms with Gasteiger partial charge in [-0.15, -0.1) is 0 Å². The average Bonchev–Trinajstić information content (AvgIpc) is 2.21. The van der Waals surface area contributed by atoms with Crippen molar-refractivity contribution >= 4 is 11.5 Å². The predicted molar refractivity (Wildman–Crippen MR) is 60.8 cm³/mol. The van der Waals surface area contributed by atoms with E-state index in [0.717, 1.165) is 6.42 Å². The van der Waals surface area contributed by atoms with E-state index in [1.807, 2.05) is 18.9 Å². The smallest absolute Gasteiger partial charge is 0.276 e. The van der Waals surface area contributed by atoms with Crippen molar-refractivity contribution in [2.45, 2.75) is 19.4 Å². The SMILES string of the molecule is CC(CCN)N(C)c1nc[nH]c(=O)c1N. The van der Waals surface area contributed by atoms with Crippen LogP contribution in [0.15, 0.2) is 11.1 Å². The summed E-state index contributed by atoms with van der Waals surface area (Å²) >= 11 is 0. The highest BCUT2D eigenvalue weighted by atomic mass is 16.1. The number of nitrogens with zero attached hydrogens (tertiary/aromatic N) is 2. The molecular weight excluding hydrogens is 194 g/mol. The van der Waals surface area contributed by atoms with E-state index >= 15 is 0 Å². The molecule has 1 aromatic heterocycles. The summed E-state index contributed by atoms with van der Waals surface area (Å²) in [6.45, 7) is 2.60. The maximum absolute atomic E-state index is 11.3. The van der Waals surface area contributed by atoms with Gasteiger partial charge in [-0.25, -0.2) is 4.98 Å². The second-order valence-electron chi connectivity index (χ2n) is 3.51. The number of nitrogen functional groups attached to an aromatic ring is 1. The third kappa shape index (κ3) is 2.47. The van der Waals surface area contributed by atoms with Crippen molar-refractivity contribution in [1.82, 2.24) is 9.97 Å². The number of hydrogen-bond acceptors (Lipinski definition) is 5. The van der Waals surface area contributed by atoms with Crippen molar-refractivity contribution < 1.29 is 0 Å². The fourth-order valence-electron chi connectivity index (χ4n) is 1.33. The van der Waals surface area contributed by atoms with Crippen LogP contribution < -0.4 is 21.9 Å². The Balaban J connectivity index is 2.95. The molecule has 1 rings (SSSR count). The number of aromatic amines is 1. The topological polar surface area (TPSA) is 101 Å². The molecule has 0 radical (unpaired) electrons. The van der Waals surface area contributed by atoms with Gasteiger partial charge in [-0.3, -0.25) is 4.79 Å². The van der Waals surface area contributed by atoms with Crippen LogP contribution in [-0.4, -0.2) is 29.6 Å². The number of rotatable bonds is 4. The van der Waals surface area contributed by atoms with Crippen LogP contribution in [0.3, 0.4) is 0 Å². The quantitative estimate of drug-likeness (QED) is 0.624. The molecule has 0 aliphatic carbocycles. The minimum absolute atomic E-state index is 0.142. The molecule has 0 saturated carbocycles. The minimum atomic E-state index is -0.313. The normalized spacial score (nSPS) is 12.5. The molecule has 0 aromatic carbocycles. The number of hydrogen-bond donors (Lipinski definition) is 3. The lowest BCUT2D eigenvalue weighted by molar-refractivity contribution is 0.629. The molecule has 1 aromatic rings. The van der Waals surface area contributed by atoms with E-state index in [-0.39, 0.29) is 17.3 Å². The minimum Gasteiger partial charge on any atom is -0.391 e. The molecule has 6 nitrogen and oxygen atoms in total. The summed E-state index contributed by atoms with van der Waals surface area (Å²) in [5.41, 5.74) is 10.9. The molecule has 0 spiro atoms. The fraction of sp³-hybridized carbons (Fsp3) is 0.556. The Morgan fingerprint density at radius 3 is 2.93 bits per heavy atom. The summed E-state index contributed by atoms with van der Waals surface area (Å²) in [6, 6.07) is 0.201. The highest BCUT2D eigenvalue weighted by Gasteiger charge is 2.14. The van der Waals surface area contributed by atoms with Crippen LogP contribution in [0.1, 0.15) is 13.3 Å². The molecule has 0 aliphatic rings. The van der Waals surface area contributed by atoms with Gasteiger partial charge in [-0.05, 0) is 19.9 Å². The summed E-state index contributed by atoms with van der Waals surface area (Å²) in [6.07, 6.45) is 2.17. The van der Waals surface area contributed by atoms with Crippen LogP contribution in [0.4, 0.5) is 11.5 Å². The molecule has 1 heterocycles. The van der Waals surface area contributed by atoms with Crippen molar-refractivity contribution in [3.63, 3.8) is 0 Å². The maximum Gasteiger partial charge on any atom is 0.276 e. The lowest BCUT2D eigenvalue weighted by atomic mass is 10.2. The van der Waals surface area contributed by atoms with Crippen molar-refractivity contribution in [2.24, 2.45) is 5.73 Å². The maximum atomic E-state index is 11.3. The fourth-order valence-corrected chi connectivity index (χ4v) is 1.33. The van der Waals surface area contributed by atoms with E-state index in [9.17, 15) is 4.79 Å². The molecule has 0 aliphatic heterocycles. The Bertz CT molecular complexity index is 375. The van der Waals surface area contributed by atoms with Gasteiger partial charge in [0.1, 0.15) is 5.69 Å². The summed E-state index contributed by atoms with van der Waals surface area (Å²) < 4.78 is 0. The van der Waals surface area contributed by atoms with Crippen LogP contribution >= 0.6 is 0 Å². The number of nitrogens with two attached hydrogens (primary N) is 2. The number of H-pyrrole nitrogens is 1. The molecule has 15 heavy (non-hydrogen) atoms. The first-order chi connectivity index (χ1) is 7.07. The summed E-state index contributed by atoms with van der Waals surface area (Å²) in [5.74, 6) is 0.500. The van der Waals surface area contributed by atoms with Crippen molar-refractivity contribution in [3.05, 3.63) is 16.7 Å². The van der Waals surface area contributed by atoms with E-state index in [2.05, 4.69) is 9.97 Å². The predicted octanol–water partition coefficient (Wildman–Crippen LogP) is -0.474. The number of aromatic nitrogens is 2. The number of nitrogens with one attached hydrogen (secondary N) is 1. The first-order valence-corrected chi connectivity index (χ1v) is 4.84. The lowest BCUT2D eigenvalue weighted by Gasteiger charge is -2.26. The van der Waals surface area contributed by atoms with Gasteiger partial charge in [0.2, 0.25) is 0 Å². The molecule has 0 bridgehead atoms. The van der Waals surface area contributed by atoms with E-state index in [1.165, 1.54) is 6.33 Å². The summed E-state index contributed by atoms with van der Waals surface area (Å²) in [4.78, 5) is 19.6. The average molecular weight is 211 g/mol. The Kier molecular flexibility index (Phi) is 3.68. The zero-order valence-electron chi connectivity index (χ0n) is 9.03. The summed E-state index contributed by atoms with van der Waals surface area (Å²) in [7, 11) is 1.85. The molecule has 5 N–H and O–H groups in total. The Morgan fingerprint density at radius 2 is 2.33 bits per heavy atom. The molecule has 0 fully saturated rings. The van der Waals surface area contributed by atoms with Crippen LogP contribution in [0.2, 0.25) is 0 Å². The second-order valence-corrected chi connectivity index (χ2v) is 3.51. The Labute approximate surface area is 88.3 Å². The van der Waals surface area contributed by atoms with Gasteiger partial charge in [-0.2, -0.15) is 0 Å². The van der Waals surface area contributed by atoms with Crippen molar-refractivity contribution in [1.29, 1.82) is 0 Å². The van der Waals surface area contributed by atoms with Gasteiger partial charge in [0.05, 0.1) is 6.33 Å². The van der Waals surface area contributed by atoms with Crippen LogP contribution in [0.25, 0.3) is 0 Å². The van der Waals surface area contributed by atoms with E-state index < -0.39 is 0 Å². The van der Waals surface area contributed by atoms with Gasteiger partial charge in [-0.1, -0.05) is 0 Å². The number of anilines is 2. The molecule has 84 valence electrons. The summed E-state index contributed by atoms with van der Waals surface area (Å²) in [5, 5.41) is 0. The van der Waals surface area contributed by atoms with Crippen LogP contribution in [-0.2, 0) is 0 Å². The molecule has 1 unspecified atom stereocenters.